The molecule has 2 heterocycles. The number of halogens is 4. The maximum atomic E-state index is 12.9. The number of fused-ring (bicyclic) bond motifs is 1. The summed E-state index contributed by atoms with van der Waals surface area (Å²) in [6.45, 7) is 1.85. The van der Waals surface area contributed by atoms with Crippen LogP contribution in [0.4, 0.5) is 18.9 Å². The normalized spacial score (nSPS) is 11.7. The Morgan fingerprint density at radius 3 is 2.53 bits per heavy atom. The lowest BCUT2D eigenvalue weighted by atomic mass is 10.2. The molecule has 0 atom stereocenters. The van der Waals surface area contributed by atoms with Crippen LogP contribution in [0.3, 0.4) is 0 Å². The summed E-state index contributed by atoms with van der Waals surface area (Å²) in [5, 5.41) is 2.54. The van der Waals surface area contributed by atoms with Crippen molar-refractivity contribution in [3.05, 3.63) is 61.4 Å². The van der Waals surface area contributed by atoms with Crippen LogP contribution in [0.1, 0.15) is 18.1 Å². The van der Waals surface area contributed by atoms with Crippen molar-refractivity contribution < 1.29 is 18.0 Å². The van der Waals surface area contributed by atoms with Gasteiger partial charge in [0.1, 0.15) is 5.65 Å². The third kappa shape index (κ3) is 4.53. The largest absolute Gasteiger partial charge is 0.416 e. The second-order valence-electron chi connectivity index (χ2n) is 6.90. The fourth-order valence-electron chi connectivity index (χ4n) is 3.08. The van der Waals surface area contributed by atoms with E-state index in [-0.39, 0.29) is 27.5 Å². The zero-order chi connectivity index (χ0) is 23.8. The van der Waals surface area contributed by atoms with Crippen molar-refractivity contribution in [2.75, 3.05) is 11.1 Å². The first-order valence-electron chi connectivity index (χ1n) is 9.32. The van der Waals surface area contributed by atoms with Crippen LogP contribution in [0.2, 0.25) is 5.02 Å². The number of benzene rings is 1. The maximum absolute atomic E-state index is 12.9. The van der Waals surface area contributed by atoms with Crippen molar-refractivity contribution in [3.8, 4) is 0 Å². The molecule has 0 spiro atoms. The van der Waals surface area contributed by atoms with Gasteiger partial charge >= 0.3 is 11.9 Å². The summed E-state index contributed by atoms with van der Waals surface area (Å²) in [6.07, 6.45) is -2.54. The van der Waals surface area contributed by atoms with Crippen LogP contribution in [-0.4, -0.2) is 25.8 Å². The molecule has 0 unspecified atom stereocenters. The SMILES string of the molecule is CCc1cnc2c(c1SCC(=O)Nc1cc(C(F)(F)F)ccc1Cl)c(=O)n(C)c(=O)n2C. The monoisotopic (exact) mass is 486 g/mol. The number of hydrogen-bond donors (Lipinski definition) is 1. The van der Waals surface area contributed by atoms with Crippen LogP contribution in [0.15, 0.2) is 38.9 Å². The molecule has 0 saturated carbocycles. The van der Waals surface area contributed by atoms with Crippen molar-refractivity contribution in [1.82, 2.24) is 14.1 Å². The van der Waals surface area contributed by atoms with Gasteiger partial charge in [0.25, 0.3) is 5.56 Å². The molecule has 0 radical (unpaired) electrons. The Hall–Kier alpha value is -2.79. The van der Waals surface area contributed by atoms with Gasteiger partial charge in [0.05, 0.1) is 27.4 Å². The van der Waals surface area contributed by atoms with Crippen molar-refractivity contribution in [1.29, 1.82) is 0 Å². The van der Waals surface area contributed by atoms with E-state index < -0.39 is 28.9 Å². The van der Waals surface area contributed by atoms with E-state index >= 15 is 0 Å². The third-order valence-corrected chi connectivity index (χ3v) is 6.28. The molecule has 0 aliphatic rings. The van der Waals surface area contributed by atoms with E-state index in [1.165, 1.54) is 24.9 Å². The Morgan fingerprint density at radius 2 is 1.91 bits per heavy atom. The lowest BCUT2D eigenvalue weighted by Crippen LogP contribution is -2.37. The fourth-order valence-corrected chi connectivity index (χ4v) is 4.30. The van der Waals surface area contributed by atoms with Crippen LogP contribution >= 0.6 is 23.4 Å². The molecular formula is C20H18ClF3N4O3S. The van der Waals surface area contributed by atoms with Gasteiger partial charge in [-0.3, -0.25) is 18.7 Å². The summed E-state index contributed by atoms with van der Waals surface area (Å²) in [7, 11) is 2.83. The Labute approximate surface area is 189 Å². The molecule has 0 fully saturated rings. The molecule has 0 saturated heterocycles. The number of nitrogens with one attached hydrogen (secondary N) is 1. The zero-order valence-electron chi connectivity index (χ0n) is 17.2. The summed E-state index contributed by atoms with van der Waals surface area (Å²) in [4.78, 5) is 42.2. The average molecular weight is 487 g/mol. The highest BCUT2D eigenvalue weighted by atomic mass is 35.5. The minimum Gasteiger partial charge on any atom is -0.324 e. The number of aryl methyl sites for hydroxylation is 2. The van der Waals surface area contributed by atoms with E-state index in [9.17, 15) is 27.6 Å². The van der Waals surface area contributed by atoms with Crippen molar-refractivity contribution in [2.45, 2.75) is 24.4 Å². The molecule has 12 heteroatoms. The minimum absolute atomic E-state index is 0.0381. The zero-order valence-corrected chi connectivity index (χ0v) is 18.8. The molecular weight excluding hydrogens is 469 g/mol. The number of carbonyl (C=O) groups excluding carboxylic acids is 1. The van der Waals surface area contributed by atoms with Gasteiger partial charge in [-0.1, -0.05) is 18.5 Å². The first kappa shape index (κ1) is 23.9. The summed E-state index contributed by atoms with van der Waals surface area (Å²) in [5.41, 5.74) is -1.31. The van der Waals surface area contributed by atoms with Crippen molar-refractivity contribution in [3.63, 3.8) is 0 Å². The number of pyridine rings is 1. The summed E-state index contributed by atoms with van der Waals surface area (Å²) in [6, 6.07) is 2.64. The number of carbonyl (C=O) groups is 1. The topological polar surface area (TPSA) is 86.0 Å². The van der Waals surface area contributed by atoms with Crippen LogP contribution in [0.25, 0.3) is 11.0 Å². The number of anilines is 1. The highest BCUT2D eigenvalue weighted by molar-refractivity contribution is 8.00. The van der Waals surface area contributed by atoms with Gasteiger partial charge in [-0.2, -0.15) is 13.2 Å². The van der Waals surface area contributed by atoms with Gasteiger partial charge < -0.3 is 5.32 Å². The van der Waals surface area contributed by atoms with Gasteiger partial charge in [-0.25, -0.2) is 9.78 Å². The maximum Gasteiger partial charge on any atom is 0.416 e. The molecule has 170 valence electrons. The predicted octanol–water partition coefficient (Wildman–Crippen LogP) is 3.60. The molecule has 0 aliphatic carbocycles. The number of rotatable bonds is 5. The minimum atomic E-state index is -4.58. The van der Waals surface area contributed by atoms with Crippen molar-refractivity contribution >= 4 is 46.0 Å². The first-order chi connectivity index (χ1) is 15.0. The Kier molecular flexibility index (Phi) is 6.70. The molecule has 3 rings (SSSR count). The Morgan fingerprint density at radius 1 is 1.22 bits per heavy atom. The van der Waals surface area contributed by atoms with Crippen LogP contribution in [0, 0.1) is 0 Å². The number of aromatic nitrogens is 3. The predicted molar refractivity (Wildman–Crippen MR) is 117 cm³/mol. The van der Waals surface area contributed by atoms with E-state index in [1.54, 1.807) is 0 Å². The standard InChI is InChI=1S/C20H18ClF3N4O3S/c1-4-10-8-25-17-15(18(30)28(3)19(31)27(17)2)16(10)32-9-14(29)26-13-7-11(20(22,23)24)5-6-12(13)21/h5-8H,4,9H2,1-3H3,(H,26,29). The summed E-state index contributed by atoms with van der Waals surface area (Å²) >= 11 is 6.97. The van der Waals surface area contributed by atoms with Gasteiger partial charge in [0, 0.05) is 25.2 Å². The van der Waals surface area contributed by atoms with E-state index in [0.29, 0.717) is 16.9 Å². The summed E-state index contributed by atoms with van der Waals surface area (Å²) < 4.78 is 41.0. The highest BCUT2D eigenvalue weighted by Crippen LogP contribution is 2.34. The lowest BCUT2D eigenvalue weighted by molar-refractivity contribution is -0.137. The quantitative estimate of drug-likeness (QED) is 0.557. The Balaban J connectivity index is 1.94. The lowest BCUT2D eigenvalue weighted by Gasteiger charge is -2.14. The van der Waals surface area contributed by atoms with E-state index in [2.05, 4.69) is 10.3 Å². The molecule has 3 aromatic rings. The highest BCUT2D eigenvalue weighted by Gasteiger charge is 2.31. The van der Waals surface area contributed by atoms with E-state index in [0.717, 1.165) is 34.5 Å². The number of thioether (sulfide) groups is 1. The van der Waals surface area contributed by atoms with Crippen LogP contribution in [-0.2, 0) is 31.5 Å². The van der Waals surface area contributed by atoms with Gasteiger partial charge in [-0.15, -0.1) is 11.8 Å². The molecule has 1 aromatic carbocycles. The molecule has 0 aliphatic heterocycles. The first-order valence-corrected chi connectivity index (χ1v) is 10.7. The second kappa shape index (κ2) is 8.99. The third-order valence-electron chi connectivity index (χ3n) is 4.79. The molecule has 1 N–H and O–H groups in total. The number of amides is 1. The van der Waals surface area contributed by atoms with Crippen LogP contribution in [0.5, 0.6) is 0 Å². The summed E-state index contributed by atoms with van der Waals surface area (Å²) in [5.74, 6) is -0.810. The molecule has 1 amide bonds. The molecule has 0 bridgehead atoms. The molecule has 7 nitrogen and oxygen atoms in total. The average Bonchev–Trinajstić information content (AvgIpc) is 2.74. The van der Waals surface area contributed by atoms with Crippen molar-refractivity contribution in [2.24, 2.45) is 14.1 Å². The molecule has 2 aromatic heterocycles. The van der Waals surface area contributed by atoms with E-state index in [1.807, 2.05) is 6.92 Å². The van der Waals surface area contributed by atoms with E-state index in [4.69, 9.17) is 11.6 Å². The number of hydrogen-bond acceptors (Lipinski definition) is 5. The number of alkyl halides is 3. The van der Waals surface area contributed by atoms with Gasteiger partial charge in [0.15, 0.2) is 0 Å². The molecule has 32 heavy (non-hydrogen) atoms. The Bertz CT molecular complexity index is 1330. The smallest absolute Gasteiger partial charge is 0.324 e. The fraction of sp³-hybridized carbons (Fsp3) is 0.300. The van der Waals surface area contributed by atoms with Gasteiger partial charge in [0.2, 0.25) is 5.91 Å². The van der Waals surface area contributed by atoms with Gasteiger partial charge in [-0.05, 0) is 30.2 Å². The van der Waals surface area contributed by atoms with Crippen LogP contribution < -0.4 is 16.6 Å². The number of nitrogens with zero attached hydrogens (tertiary/aromatic N) is 3. The second-order valence-corrected chi connectivity index (χ2v) is 8.29.